The van der Waals surface area contributed by atoms with Crippen LogP contribution in [0.4, 0.5) is 0 Å². The van der Waals surface area contributed by atoms with E-state index in [9.17, 15) is 4.79 Å². The predicted octanol–water partition coefficient (Wildman–Crippen LogP) is 2.33. The highest BCUT2D eigenvalue weighted by molar-refractivity contribution is 5.93. The van der Waals surface area contributed by atoms with Crippen LogP contribution in [0, 0.1) is 0 Å². The molecule has 0 atom stereocenters. The van der Waals surface area contributed by atoms with Gasteiger partial charge in [-0.1, -0.05) is 0 Å². The Balaban J connectivity index is 1.72. The SMILES string of the molecule is COc1ccc(-c2cncc(C(=O)N/N=C/c3cc(OC)cc(OC)c3)n2)nc1. The molecule has 0 radical (unpaired) electrons. The Labute approximate surface area is 167 Å². The quantitative estimate of drug-likeness (QED) is 0.485. The van der Waals surface area contributed by atoms with Crippen LogP contribution in [-0.4, -0.2) is 48.4 Å². The molecule has 0 aliphatic carbocycles. The van der Waals surface area contributed by atoms with E-state index >= 15 is 0 Å². The molecule has 0 unspecified atom stereocenters. The normalized spacial score (nSPS) is 10.6. The summed E-state index contributed by atoms with van der Waals surface area (Å²) in [4.78, 5) is 24.9. The van der Waals surface area contributed by atoms with Gasteiger partial charge in [0.15, 0.2) is 0 Å². The number of nitrogens with zero attached hydrogens (tertiary/aromatic N) is 4. The second kappa shape index (κ2) is 9.27. The van der Waals surface area contributed by atoms with Gasteiger partial charge in [0.05, 0.1) is 51.8 Å². The molecule has 3 aromatic rings. The van der Waals surface area contributed by atoms with E-state index in [-0.39, 0.29) is 5.69 Å². The number of carbonyl (C=O) groups is 1. The molecular formula is C20H19N5O4. The number of pyridine rings is 1. The average molecular weight is 393 g/mol. The highest BCUT2D eigenvalue weighted by atomic mass is 16.5. The third kappa shape index (κ3) is 5.04. The van der Waals surface area contributed by atoms with Gasteiger partial charge >= 0.3 is 0 Å². The zero-order valence-corrected chi connectivity index (χ0v) is 16.1. The lowest BCUT2D eigenvalue weighted by atomic mass is 10.2. The summed E-state index contributed by atoms with van der Waals surface area (Å²) < 4.78 is 15.5. The first kappa shape index (κ1) is 19.7. The number of hydrogen-bond donors (Lipinski definition) is 1. The second-order valence-corrected chi connectivity index (χ2v) is 5.72. The van der Waals surface area contributed by atoms with Crippen molar-refractivity contribution in [2.75, 3.05) is 21.3 Å². The standard InChI is InChI=1S/C20H19N5O4/c1-27-14-4-5-17(22-10-14)18-11-21-12-19(24-18)20(26)25-23-9-13-6-15(28-2)8-16(7-13)29-3/h4-12H,1-3H3,(H,25,26)/b23-9+. The molecule has 0 spiro atoms. The number of rotatable bonds is 7. The van der Waals surface area contributed by atoms with E-state index in [4.69, 9.17) is 14.2 Å². The number of hydrogen-bond acceptors (Lipinski definition) is 8. The van der Waals surface area contributed by atoms with Crippen molar-refractivity contribution in [2.24, 2.45) is 5.10 Å². The summed E-state index contributed by atoms with van der Waals surface area (Å²) in [5.41, 5.74) is 4.26. The van der Waals surface area contributed by atoms with Gasteiger partial charge in [0.25, 0.3) is 5.91 Å². The molecular weight excluding hydrogens is 374 g/mol. The largest absolute Gasteiger partial charge is 0.497 e. The molecule has 0 aliphatic rings. The van der Waals surface area contributed by atoms with Crippen molar-refractivity contribution in [1.29, 1.82) is 0 Å². The van der Waals surface area contributed by atoms with Crippen LogP contribution >= 0.6 is 0 Å². The van der Waals surface area contributed by atoms with E-state index in [1.165, 1.54) is 18.6 Å². The fourth-order valence-corrected chi connectivity index (χ4v) is 2.38. The molecule has 148 valence electrons. The van der Waals surface area contributed by atoms with Crippen molar-refractivity contribution in [3.05, 3.63) is 60.2 Å². The predicted molar refractivity (Wildman–Crippen MR) is 106 cm³/mol. The van der Waals surface area contributed by atoms with Gasteiger partial charge in [-0.3, -0.25) is 14.8 Å². The van der Waals surface area contributed by atoms with Crippen LogP contribution in [0.3, 0.4) is 0 Å². The Morgan fingerprint density at radius 3 is 2.28 bits per heavy atom. The molecule has 9 nitrogen and oxygen atoms in total. The molecule has 1 aromatic carbocycles. The first-order chi connectivity index (χ1) is 14.1. The van der Waals surface area contributed by atoms with Crippen molar-refractivity contribution in [2.45, 2.75) is 0 Å². The lowest BCUT2D eigenvalue weighted by molar-refractivity contribution is 0.0950. The minimum absolute atomic E-state index is 0.112. The fourth-order valence-electron chi connectivity index (χ4n) is 2.38. The van der Waals surface area contributed by atoms with Gasteiger partial charge in [0, 0.05) is 11.6 Å². The van der Waals surface area contributed by atoms with E-state index in [1.54, 1.807) is 57.9 Å². The summed E-state index contributed by atoms with van der Waals surface area (Å²) in [5.74, 6) is 1.35. The molecule has 2 heterocycles. The molecule has 29 heavy (non-hydrogen) atoms. The zero-order chi connectivity index (χ0) is 20.6. The second-order valence-electron chi connectivity index (χ2n) is 5.72. The van der Waals surface area contributed by atoms with Gasteiger partial charge in [-0.25, -0.2) is 10.4 Å². The lowest BCUT2D eigenvalue weighted by Crippen LogP contribution is -2.19. The topological polar surface area (TPSA) is 108 Å². The monoisotopic (exact) mass is 393 g/mol. The highest BCUT2D eigenvalue weighted by Crippen LogP contribution is 2.21. The first-order valence-electron chi connectivity index (χ1n) is 8.52. The number of hydrazone groups is 1. The molecule has 9 heteroatoms. The molecule has 1 N–H and O–H groups in total. The number of ether oxygens (including phenoxy) is 3. The maximum absolute atomic E-state index is 12.3. The Hall–Kier alpha value is -4.01. The summed E-state index contributed by atoms with van der Waals surface area (Å²) in [6.45, 7) is 0. The van der Waals surface area contributed by atoms with E-state index in [0.717, 1.165) is 0 Å². The number of amides is 1. The maximum Gasteiger partial charge on any atom is 0.291 e. The van der Waals surface area contributed by atoms with Gasteiger partial charge < -0.3 is 14.2 Å². The van der Waals surface area contributed by atoms with Crippen molar-refractivity contribution >= 4 is 12.1 Å². The third-order valence-electron chi connectivity index (χ3n) is 3.86. The van der Waals surface area contributed by atoms with Crippen LogP contribution in [0.15, 0.2) is 54.0 Å². The van der Waals surface area contributed by atoms with Gasteiger partial charge in [0.2, 0.25) is 0 Å². The average Bonchev–Trinajstić information content (AvgIpc) is 2.78. The van der Waals surface area contributed by atoms with E-state index in [0.29, 0.717) is 34.2 Å². The Bertz CT molecular complexity index is 999. The molecule has 1 amide bonds. The molecule has 3 rings (SSSR count). The van der Waals surface area contributed by atoms with Crippen molar-refractivity contribution in [3.63, 3.8) is 0 Å². The molecule has 0 saturated heterocycles. The zero-order valence-electron chi connectivity index (χ0n) is 16.1. The van der Waals surface area contributed by atoms with Crippen LogP contribution in [0.5, 0.6) is 17.2 Å². The molecule has 0 saturated carbocycles. The molecule has 2 aromatic heterocycles. The van der Waals surface area contributed by atoms with Crippen LogP contribution < -0.4 is 19.6 Å². The number of carbonyl (C=O) groups excluding carboxylic acids is 1. The summed E-state index contributed by atoms with van der Waals surface area (Å²) >= 11 is 0. The van der Waals surface area contributed by atoms with Gasteiger partial charge in [0.1, 0.15) is 28.6 Å². The highest BCUT2D eigenvalue weighted by Gasteiger charge is 2.10. The number of aromatic nitrogens is 3. The summed E-state index contributed by atoms with van der Waals surface area (Å²) in [6, 6.07) is 8.74. The van der Waals surface area contributed by atoms with Gasteiger partial charge in [-0.2, -0.15) is 5.10 Å². The summed E-state index contributed by atoms with van der Waals surface area (Å²) in [6.07, 6.45) is 5.92. The smallest absolute Gasteiger partial charge is 0.291 e. The minimum atomic E-state index is -0.501. The fraction of sp³-hybridized carbons (Fsp3) is 0.150. The Morgan fingerprint density at radius 1 is 0.931 bits per heavy atom. The number of benzene rings is 1. The Morgan fingerprint density at radius 2 is 1.66 bits per heavy atom. The van der Waals surface area contributed by atoms with E-state index < -0.39 is 5.91 Å². The van der Waals surface area contributed by atoms with Crippen molar-refractivity contribution in [1.82, 2.24) is 20.4 Å². The van der Waals surface area contributed by atoms with E-state index in [2.05, 4.69) is 25.5 Å². The first-order valence-corrected chi connectivity index (χ1v) is 8.52. The number of nitrogens with one attached hydrogen (secondary N) is 1. The summed E-state index contributed by atoms with van der Waals surface area (Å²) in [7, 11) is 4.67. The van der Waals surface area contributed by atoms with Crippen molar-refractivity contribution < 1.29 is 19.0 Å². The van der Waals surface area contributed by atoms with Crippen LogP contribution in [-0.2, 0) is 0 Å². The van der Waals surface area contributed by atoms with Crippen molar-refractivity contribution in [3.8, 4) is 28.6 Å². The van der Waals surface area contributed by atoms with Gasteiger partial charge in [-0.05, 0) is 24.3 Å². The lowest BCUT2D eigenvalue weighted by Gasteiger charge is -2.06. The minimum Gasteiger partial charge on any atom is -0.497 e. The molecule has 0 aliphatic heterocycles. The van der Waals surface area contributed by atoms with Crippen LogP contribution in [0.2, 0.25) is 0 Å². The Kier molecular flexibility index (Phi) is 6.31. The summed E-state index contributed by atoms with van der Waals surface area (Å²) in [5, 5.41) is 3.96. The molecule has 0 bridgehead atoms. The van der Waals surface area contributed by atoms with Gasteiger partial charge in [-0.15, -0.1) is 0 Å². The van der Waals surface area contributed by atoms with Crippen LogP contribution in [0.25, 0.3) is 11.4 Å². The molecule has 0 fully saturated rings. The van der Waals surface area contributed by atoms with Crippen LogP contribution in [0.1, 0.15) is 16.1 Å². The maximum atomic E-state index is 12.3. The number of methoxy groups -OCH3 is 3. The van der Waals surface area contributed by atoms with E-state index in [1.807, 2.05) is 0 Å². The third-order valence-corrected chi connectivity index (χ3v) is 3.86.